The van der Waals surface area contributed by atoms with Crippen LogP contribution in [0.1, 0.15) is 46.0 Å². The first-order valence-electron chi connectivity index (χ1n) is 6.15. The van der Waals surface area contributed by atoms with Crippen molar-refractivity contribution in [1.29, 1.82) is 0 Å². The van der Waals surface area contributed by atoms with Crippen LogP contribution in [0.15, 0.2) is 0 Å². The van der Waals surface area contributed by atoms with Gasteiger partial charge < -0.3 is 20.4 Å². The van der Waals surface area contributed by atoms with Crippen molar-refractivity contribution in [1.82, 2.24) is 0 Å². The van der Waals surface area contributed by atoms with Gasteiger partial charge in [-0.1, -0.05) is 26.7 Å². The molecule has 0 rings (SSSR count). The second-order valence-corrected chi connectivity index (χ2v) is 4.50. The summed E-state index contributed by atoms with van der Waals surface area (Å²) < 4.78 is 0. The van der Waals surface area contributed by atoms with E-state index in [1.54, 1.807) is 0 Å². The Balaban J connectivity index is 4.59. The molecule has 98 valence electrons. The van der Waals surface area contributed by atoms with Gasteiger partial charge in [-0.3, -0.25) is 0 Å². The molecule has 0 aliphatic carbocycles. The molecule has 0 aliphatic heterocycles. The molecular weight excluding hydrogens is 208 g/mol. The quantitative estimate of drug-likeness (QED) is 0.473. The molecule has 0 amide bonds. The molecule has 0 fully saturated rings. The van der Waals surface area contributed by atoms with E-state index in [0.717, 1.165) is 12.8 Å². The van der Waals surface area contributed by atoms with Crippen molar-refractivity contribution in [2.75, 3.05) is 13.2 Å². The van der Waals surface area contributed by atoms with Gasteiger partial charge in [-0.25, -0.2) is 0 Å². The molecule has 0 saturated carbocycles. The largest absolute Gasteiger partial charge is 0.396 e. The lowest BCUT2D eigenvalue weighted by Crippen LogP contribution is -2.46. The maximum Gasteiger partial charge on any atom is 0.0877 e. The molecule has 0 aliphatic rings. The fourth-order valence-electron chi connectivity index (χ4n) is 2.05. The fraction of sp³-hybridized carbons (Fsp3) is 1.00. The van der Waals surface area contributed by atoms with E-state index in [0.29, 0.717) is 12.8 Å². The maximum absolute atomic E-state index is 10.1. The van der Waals surface area contributed by atoms with E-state index >= 15 is 0 Å². The molecule has 4 heteroatoms. The first-order chi connectivity index (χ1) is 7.57. The first kappa shape index (κ1) is 15.8. The smallest absolute Gasteiger partial charge is 0.0877 e. The summed E-state index contributed by atoms with van der Waals surface area (Å²) in [4.78, 5) is 0. The Labute approximate surface area is 97.9 Å². The average Bonchev–Trinajstić information content (AvgIpc) is 2.31. The summed E-state index contributed by atoms with van der Waals surface area (Å²) in [6, 6.07) is 0. The molecule has 0 aromatic rings. The van der Waals surface area contributed by atoms with Crippen LogP contribution in [0.4, 0.5) is 0 Å². The molecule has 0 aromatic carbocycles. The number of aliphatic hydroxyl groups excluding tert-OH is 4. The number of hydrogen-bond donors (Lipinski definition) is 4. The van der Waals surface area contributed by atoms with Gasteiger partial charge in [-0.15, -0.1) is 0 Å². The Morgan fingerprint density at radius 1 is 1.12 bits per heavy atom. The van der Waals surface area contributed by atoms with Crippen LogP contribution < -0.4 is 0 Å². The van der Waals surface area contributed by atoms with Gasteiger partial charge >= 0.3 is 0 Å². The van der Waals surface area contributed by atoms with Crippen molar-refractivity contribution in [3.8, 4) is 0 Å². The second-order valence-electron chi connectivity index (χ2n) is 4.50. The molecule has 4 N–H and O–H groups in total. The SMILES string of the molecule is CCCCC(CC)(CO)C(O)C(O)CCO. The number of hydrogen-bond acceptors (Lipinski definition) is 4. The zero-order chi connectivity index (χ0) is 12.6. The third kappa shape index (κ3) is 4.01. The van der Waals surface area contributed by atoms with Gasteiger partial charge in [0.2, 0.25) is 0 Å². The van der Waals surface area contributed by atoms with Crippen LogP contribution in [0.5, 0.6) is 0 Å². The molecule has 16 heavy (non-hydrogen) atoms. The summed E-state index contributed by atoms with van der Waals surface area (Å²) in [5, 5.41) is 38.0. The lowest BCUT2D eigenvalue weighted by molar-refractivity contribution is -0.0988. The van der Waals surface area contributed by atoms with Crippen LogP contribution >= 0.6 is 0 Å². The summed E-state index contributed by atoms with van der Waals surface area (Å²) in [5.41, 5.74) is -0.634. The predicted molar refractivity (Wildman–Crippen MR) is 63.1 cm³/mol. The van der Waals surface area contributed by atoms with Gasteiger partial charge in [0.1, 0.15) is 0 Å². The average molecular weight is 234 g/mol. The second kappa shape index (κ2) is 8.01. The van der Waals surface area contributed by atoms with E-state index in [1.807, 2.05) is 13.8 Å². The van der Waals surface area contributed by atoms with Crippen molar-refractivity contribution in [2.24, 2.45) is 5.41 Å². The van der Waals surface area contributed by atoms with Crippen molar-refractivity contribution in [3.63, 3.8) is 0 Å². The van der Waals surface area contributed by atoms with Gasteiger partial charge in [-0.05, 0) is 19.3 Å². The first-order valence-corrected chi connectivity index (χ1v) is 6.15. The van der Waals surface area contributed by atoms with E-state index in [1.165, 1.54) is 0 Å². The van der Waals surface area contributed by atoms with E-state index in [2.05, 4.69) is 0 Å². The molecule has 0 radical (unpaired) electrons. The van der Waals surface area contributed by atoms with Gasteiger partial charge in [0.25, 0.3) is 0 Å². The van der Waals surface area contributed by atoms with Crippen LogP contribution in [0.2, 0.25) is 0 Å². The number of unbranched alkanes of at least 4 members (excludes halogenated alkanes) is 1. The zero-order valence-corrected chi connectivity index (χ0v) is 10.4. The molecule has 0 aromatic heterocycles. The molecule has 0 bridgehead atoms. The van der Waals surface area contributed by atoms with Crippen LogP contribution in [0.25, 0.3) is 0 Å². The van der Waals surface area contributed by atoms with E-state index < -0.39 is 17.6 Å². The summed E-state index contributed by atoms with van der Waals surface area (Å²) in [7, 11) is 0. The lowest BCUT2D eigenvalue weighted by Gasteiger charge is -2.38. The Morgan fingerprint density at radius 2 is 1.75 bits per heavy atom. The third-order valence-electron chi connectivity index (χ3n) is 3.46. The molecule has 0 heterocycles. The topological polar surface area (TPSA) is 80.9 Å². The summed E-state index contributed by atoms with van der Waals surface area (Å²) in [6.07, 6.45) is 1.43. The minimum Gasteiger partial charge on any atom is -0.396 e. The Bertz CT molecular complexity index is 168. The van der Waals surface area contributed by atoms with Crippen molar-refractivity contribution in [3.05, 3.63) is 0 Å². The van der Waals surface area contributed by atoms with Crippen LogP contribution in [0.3, 0.4) is 0 Å². The molecule has 3 unspecified atom stereocenters. The number of rotatable bonds is 9. The molecule has 3 atom stereocenters. The minimum atomic E-state index is -0.971. The molecule has 0 saturated heterocycles. The van der Waals surface area contributed by atoms with Crippen LogP contribution in [-0.2, 0) is 0 Å². The predicted octanol–water partition coefficient (Wildman–Crippen LogP) is 0.669. The van der Waals surface area contributed by atoms with Crippen molar-refractivity contribution in [2.45, 2.75) is 58.2 Å². The molecule has 0 spiro atoms. The van der Waals surface area contributed by atoms with Gasteiger partial charge in [-0.2, -0.15) is 0 Å². The Morgan fingerprint density at radius 3 is 2.12 bits per heavy atom. The van der Waals surface area contributed by atoms with Gasteiger partial charge in [0.05, 0.1) is 18.8 Å². The lowest BCUT2D eigenvalue weighted by atomic mass is 9.73. The summed E-state index contributed by atoms with van der Waals surface area (Å²) in [5.74, 6) is 0. The normalized spacial score (nSPS) is 19.1. The monoisotopic (exact) mass is 234 g/mol. The zero-order valence-electron chi connectivity index (χ0n) is 10.4. The third-order valence-corrected chi connectivity index (χ3v) is 3.46. The van der Waals surface area contributed by atoms with E-state index in [-0.39, 0.29) is 19.6 Å². The minimum absolute atomic E-state index is 0.132. The van der Waals surface area contributed by atoms with Crippen LogP contribution in [0, 0.1) is 5.41 Å². The Hall–Kier alpha value is -0.160. The molecule has 4 nitrogen and oxygen atoms in total. The summed E-state index contributed by atoms with van der Waals surface area (Å²) >= 11 is 0. The Kier molecular flexibility index (Phi) is 7.93. The summed E-state index contributed by atoms with van der Waals surface area (Å²) in [6.45, 7) is 3.67. The highest BCUT2D eigenvalue weighted by atomic mass is 16.3. The van der Waals surface area contributed by atoms with Crippen molar-refractivity contribution < 1.29 is 20.4 Å². The standard InChI is InChI=1S/C12H26O4/c1-3-5-7-12(4-2,9-14)11(16)10(15)6-8-13/h10-11,13-16H,3-9H2,1-2H3. The van der Waals surface area contributed by atoms with E-state index in [4.69, 9.17) is 5.11 Å². The highest BCUT2D eigenvalue weighted by Gasteiger charge is 2.38. The highest BCUT2D eigenvalue weighted by Crippen LogP contribution is 2.34. The van der Waals surface area contributed by atoms with Crippen molar-refractivity contribution >= 4 is 0 Å². The fourth-order valence-corrected chi connectivity index (χ4v) is 2.05. The number of aliphatic hydroxyl groups is 4. The highest BCUT2D eigenvalue weighted by molar-refractivity contribution is 4.89. The van der Waals surface area contributed by atoms with Gasteiger partial charge in [0, 0.05) is 12.0 Å². The molecular formula is C12H26O4. The van der Waals surface area contributed by atoms with E-state index in [9.17, 15) is 15.3 Å². The maximum atomic E-state index is 10.1. The van der Waals surface area contributed by atoms with Gasteiger partial charge in [0.15, 0.2) is 0 Å². The van der Waals surface area contributed by atoms with Crippen LogP contribution in [-0.4, -0.2) is 45.8 Å².